The molecule has 0 radical (unpaired) electrons. The van der Waals surface area contributed by atoms with Crippen molar-refractivity contribution in [2.45, 2.75) is 32.6 Å². The molecule has 1 aromatic carbocycles. The first-order chi connectivity index (χ1) is 16.6. The standard InChI is InChI=1S/C27H37N3O4/c1-3-4-5-14-26(31)29(15-8-11-23-10-6-7-12-24(23)33-2)19-16-28-17-20-30(21-18-28)27(32)25-13-9-22-34-25/h6-13,22H,3-5,14-21H2,1-2H3/b11-8+. The van der Waals surface area contributed by atoms with Crippen LogP contribution in [0, 0.1) is 0 Å². The molecule has 1 aromatic heterocycles. The van der Waals surface area contributed by atoms with Crippen molar-refractivity contribution >= 4 is 17.9 Å². The summed E-state index contributed by atoms with van der Waals surface area (Å²) in [4.78, 5) is 31.5. The summed E-state index contributed by atoms with van der Waals surface area (Å²) in [6, 6.07) is 11.3. The molecule has 0 bridgehead atoms. The first-order valence-electron chi connectivity index (χ1n) is 12.2. The van der Waals surface area contributed by atoms with Crippen LogP contribution in [0.15, 0.2) is 53.2 Å². The van der Waals surface area contributed by atoms with Crippen molar-refractivity contribution in [3.8, 4) is 5.75 Å². The number of furan rings is 1. The number of ether oxygens (including phenoxy) is 1. The maximum atomic E-state index is 12.9. The van der Waals surface area contributed by atoms with Crippen molar-refractivity contribution in [3.63, 3.8) is 0 Å². The van der Waals surface area contributed by atoms with Crippen molar-refractivity contribution < 1.29 is 18.7 Å². The van der Waals surface area contributed by atoms with Gasteiger partial charge in [-0.15, -0.1) is 0 Å². The van der Waals surface area contributed by atoms with E-state index in [1.807, 2.05) is 46.2 Å². The molecule has 2 amide bonds. The van der Waals surface area contributed by atoms with Crippen molar-refractivity contribution in [1.82, 2.24) is 14.7 Å². The van der Waals surface area contributed by atoms with Crippen LogP contribution in [-0.4, -0.2) is 79.4 Å². The van der Waals surface area contributed by atoms with Crippen molar-refractivity contribution in [3.05, 3.63) is 60.1 Å². The van der Waals surface area contributed by atoms with E-state index in [0.717, 1.165) is 50.2 Å². The number of para-hydroxylation sites is 1. The predicted molar refractivity (Wildman–Crippen MR) is 134 cm³/mol. The van der Waals surface area contributed by atoms with Gasteiger partial charge in [-0.1, -0.05) is 50.1 Å². The van der Waals surface area contributed by atoms with Crippen LogP contribution >= 0.6 is 0 Å². The number of hydrogen-bond donors (Lipinski definition) is 0. The summed E-state index contributed by atoms with van der Waals surface area (Å²) < 4.78 is 10.7. The molecule has 1 aliphatic heterocycles. The van der Waals surface area contributed by atoms with Gasteiger partial charge in [0.15, 0.2) is 5.76 Å². The summed E-state index contributed by atoms with van der Waals surface area (Å²) in [6.45, 7) is 7.10. The normalized spacial score (nSPS) is 14.5. The third kappa shape index (κ3) is 7.48. The second-order valence-electron chi connectivity index (χ2n) is 8.55. The first kappa shape index (κ1) is 25.6. The molecule has 3 rings (SSSR count). The monoisotopic (exact) mass is 467 g/mol. The molecule has 1 aliphatic rings. The summed E-state index contributed by atoms with van der Waals surface area (Å²) in [5.41, 5.74) is 1.00. The molecule has 1 saturated heterocycles. The average Bonchev–Trinajstić information content (AvgIpc) is 3.41. The smallest absolute Gasteiger partial charge is 0.289 e. The van der Waals surface area contributed by atoms with Crippen LogP contribution in [0.25, 0.3) is 6.08 Å². The quantitative estimate of drug-likeness (QED) is 0.439. The number of methoxy groups -OCH3 is 1. The van der Waals surface area contributed by atoms with Crippen LogP contribution in [0.5, 0.6) is 5.75 Å². The zero-order chi connectivity index (χ0) is 24.2. The van der Waals surface area contributed by atoms with E-state index in [1.165, 1.54) is 6.26 Å². The maximum Gasteiger partial charge on any atom is 0.289 e. The molecule has 0 aliphatic carbocycles. The van der Waals surface area contributed by atoms with Gasteiger partial charge in [-0.25, -0.2) is 0 Å². The summed E-state index contributed by atoms with van der Waals surface area (Å²) in [6.07, 6.45) is 9.26. The Hall–Kier alpha value is -3.06. The number of benzene rings is 1. The fourth-order valence-corrected chi connectivity index (χ4v) is 4.11. The van der Waals surface area contributed by atoms with Crippen molar-refractivity contribution in [2.75, 3.05) is 52.9 Å². The third-order valence-corrected chi connectivity index (χ3v) is 6.19. The van der Waals surface area contributed by atoms with Gasteiger partial charge >= 0.3 is 0 Å². The first-order valence-corrected chi connectivity index (χ1v) is 12.2. The van der Waals surface area contributed by atoms with Crippen LogP contribution in [0.3, 0.4) is 0 Å². The topological polar surface area (TPSA) is 66.2 Å². The summed E-state index contributed by atoms with van der Waals surface area (Å²) in [5.74, 6) is 1.35. The Balaban J connectivity index is 1.52. The molecule has 184 valence electrons. The minimum atomic E-state index is -0.0566. The number of nitrogens with zero attached hydrogens (tertiary/aromatic N) is 3. The molecule has 7 nitrogen and oxygen atoms in total. The number of rotatable bonds is 12. The Morgan fingerprint density at radius 1 is 1.09 bits per heavy atom. The minimum absolute atomic E-state index is 0.0566. The molecular formula is C27H37N3O4. The molecular weight excluding hydrogens is 430 g/mol. The third-order valence-electron chi connectivity index (χ3n) is 6.19. The van der Waals surface area contributed by atoms with Gasteiger partial charge in [0.1, 0.15) is 5.75 Å². The van der Waals surface area contributed by atoms with Gasteiger partial charge < -0.3 is 19.0 Å². The predicted octanol–water partition coefficient (Wildman–Crippen LogP) is 4.17. The maximum absolute atomic E-state index is 12.9. The van der Waals surface area contributed by atoms with E-state index in [4.69, 9.17) is 9.15 Å². The largest absolute Gasteiger partial charge is 0.496 e. The van der Waals surface area contributed by atoms with E-state index in [-0.39, 0.29) is 11.8 Å². The average molecular weight is 468 g/mol. The molecule has 0 atom stereocenters. The lowest BCUT2D eigenvalue weighted by atomic mass is 10.1. The molecule has 2 aromatic rings. The van der Waals surface area contributed by atoms with Crippen LogP contribution in [-0.2, 0) is 4.79 Å². The molecule has 0 saturated carbocycles. The van der Waals surface area contributed by atoms with Gasteiger partial charge in [-0.3, -0.25) is 14.5 Å². The van der Waals surface area contributed by atoms with E-state index in [9.17, 15) is 9.59 Å². The zero-order valence-corrected chi connectivity index (χ0v) is 20.4. The number of unbranched alkanes of at least 4 members (excludes halogenated alkanes) is 2. The van der Waals surface area contributed by atoms with Gasteiger partial charge in [0.2, 0.25) is 5.91 Å². The van der Waals surface area contributed by atoms with Crippen LogP contribution in [0.1, 0.15) is 48.7 Å². The number of amides is 2. The number of carbonyl (C=O) groups excluding carboxylic acids is 2. The van der Waals surface area contributed by atoms with E-state index in [2.05, 4.69) is 11.8 Å². The Kier molecular flexibility index (Phi) is 10.2. The van der Waals surface area contributed by atoms with E-state index in [0.29, 0.717) is 38.4 Å². The van der Waals surface area contributed by atoms with Gasteiger partial charge in [-0.05, 0) is 24.6 Å². The highest BCUT2D eigenvalue weighted by atomic mass is 16.5. The molecule has 1 fully saturated rings. The Morgan fingerprint density at radius 3 is 2.59 bits per heavy atom. The van der Waals surface area contributed by atoms with Gasteiger partial charge in [0, 0.05) is 57.8 Å². The Labute approximate surface area is 203 Å². The van der Waals surface area contributed by atoms with E-state index < -0.39 is 0 Å². The number of carbonyl (C=O) groups is 2. The number of piperazine rings is 1. The molecule has 34 heavy (non-hydrogen) atoms. The molecule has 0 spiro atoms. The van der Waals surface area contributed by atoms with Gasteiger partial charge in [0.25, 0.3) is 5.91 Å². The van der Waals surface area contributed by atoms with Crippen LogP contribution < -0.4 is 4.74 Å². The van der Waals surface area contributed by atoms with Crippen molar-refractivity contribution in [1.29, 1.82) is 0 Å². The second kappa shape index (κ2) is 13.6. The number of hydrogen-bond acceptors (Lipinski definition) is 5. The van der Waals surface area contributed by atoms with Crippen LogP contribution in [0.4, 0.5) is 0 Å². The minimum Gasteiger partial charge on any atom is -0.496 e. The highest BCUT2D eigenvalue weighted by Crippen LogP contribution is 2.18. The van der Waals surface area contributed by atoms with E-state index in [1.54, 1.807) is 19.2 Å². The summed E-state index contributed by atoms with van der Waals surface area (Å²) in [5, 5.41) is 0. The summed E-state index contributed by atoms with van der Waals surface area (Å²) >= 11 is 0. The summed E-state index contributed by atoms with van der Waals surface area (Å²) in [7, 11) is 1.66. The Morgan fingerprint density at radius 2 is 1.88 bits per heavy atom. The lowest BCUT2D eigenvalue weighted by Crippen LogP contribution is -2.50. The molecule has 0 N–H and O–H groups in total. The lowest BCUT2D eigenvalue weighted by molar-refractivity contribution is -0.131. The molecule has 2 heterocycles. The lowest BCUT2D eigenvalue weighted by Gasteiger charge is -2.35. The highest BCUT2D eigenvalue weighted by molar-refractivity contribution is 5.91. The fourth-order valence-electron chi connectivity index (χ4n) is 4.11. The van der Waals surface area contributed by atoms with Gasteiger partial charge in [-0.2, -0.15) is 0 Å². The molecule has 0 unspecified atom stereocenters. The van der Waals surface area contributed by atoms with Gasteiger partial charge in [0.05, 0.1) is 13.4 Å². The molecule has 7 heteroatoms. The highest BCUT2D eigenvalue weighted by Gasteiger charge is 2.24. The second-order valence-corrected chi connectivity index (χ2v) is 8.55. The van der Waals surface area contributed by atoms with E-state index >= 15 is 0 Å². The van der Waals surface area contributed by atoms with Crippen molar-refractivity contribution in [2.24, 2.45) is 0 Å². The SMILES string of the molecule is CCCCCC(=O)N(C/C=C/c1ccccc1OC)CCN1CCN(C(=O)c2ccco2)CC1. The Bertz CT molecular complexity index is 918. The fraction of sp³-hybridized carbons (Fsp3) is 0.481. The van der Waals surface area contributed by atoms with Crippen LogP contribution in [0.2, 0.25) is 0 Å². The zero-order valence-electron chi connectivity index (χ0n) is 20.4.